The Kier molecular flexibility index (Phi) is 7.13. The first-order chi connectivity index (χ1) is 12.3. The molecule has 2 aliphatic rings. The summed E-state index contributed by atoms with van der Waals surface area (Å²) in [6, 6.07) is 8.64. The summed E-state index contributed by atoms with van der Waals surface area (Å²) < 4.78 is 0. The maximum atomic E-state index is 3.98. The molecule has 0 spiro atoms. The minimum absolute atomic E-state index is 0.963. The van der Waals surface area contributed by atoms with Crippen molar-refractivity contribution in [1.29, 1.82) is 0 Å². The zero-order valence-electron chi connectivity index (χ0n) is 16.3. The smallest absolute Gasteiger partial charge is 0.0622 e. The number of hydrogen-bond donors (Lipinski definition) is 0. The molecule has 0 aromatic heterocycles. The van der Waals surface area contributed by atoms with Crippen LogP contribution in [0, 0.1) is 23.7 Å². The fourth-order valence-electron chi connectivity index (χ4n) is 5.44. The third kappa shape index (κ3) is 5.43. The summed E-state index contributed by atoms with van der Waals surface area (Å²) in [5.74, 6) is 4.13. The van der Waals surface area contributed by atoms with Crippen LogP contribution in [0.4, 0.5) is 5.69 Å². The quantitative estimate of drug-likeness (QED) is 0.460. The number of nitrogens with zero attached hydrogens (tertiary/aromatic N) is 1. The van der Waals surface area contributed by atoms with Crippen molar-refractivity contribution in [3.05, 3.63) is 29.8 Å². The highest BCUT2D eigenvalue weighted by Gasteiger charge is 2.30. The zero-order chi connectivity index (χ0) is 17.5. The standard InChI is InChI=1S/C24H37N/c1-3-4-19-7-13-22(14-8-19)23-15-9-20(10-16-23)5-6-21-11-17-24(25-2)18-12-21/h11-12,17-20,22-23H,2-10,13-16H2,1H3. The van der Waals surface area contributed by atoms with E-state index >= 15 is 0 Å². The van der Waals surface area contributed by atoms with E-state index in [4.69, 9.17) is 0 Å². The molecule has 2 saturated carbocycles. The average Bonchev–Trinajstić information content (AvgIpc) is 2.68. The Labute approximate surface area is 155 Å². The Balaban J connectivity index is 1.36. The van der Waals surface area contributed by atoms with E-state index in [1.54, 1.807) is 0 Å². The van der Waals surface area contributed by atoms with Crippen LogP contribution in [0.2, 0.25) is 0 Å². The molecule has 3 rings (SSSR count). The second-order valence-electron chi connectivity index (χ2n) is 8.71. The van der Waals surface area contributed by atoms with E-state index in [0.717, 1.165) is 29.4 Å². The maximum absolute atomic E-state index is 3.98. The maximum Gasteiger partial charge on any atom is 0.0622 e. The van der Waals surface area contributed by atoms with Gasteiger partial charge in [-0.2, -0.15) is 0 Å². The summed E-state index contributed by atoms with van der Waals surface area (Å²) in [5.41, 5.74) is 2.45. The Morgan fingerprint density at radius 3 is 1.80 bits per heavy atom. The number of hydrogen-bond acceptors (Lipinski definition) is 1. The molecule has 1 nitrogen and oxygen atoms in total. The van der Waals surface area contributed by atoms with Gasteiger partial charge in [0, 0.05) is 0 Å². The topological polar surface area (TPSA) is 12.4 Å². The lowest BCUT2D eigenvalue weighted by atomic mass is 9.68. The third-order valence-corrected chi connectivity index (χ3v) is 7.11. The van der Waals surface area contributed by atoms with Crippen LogP contribution >= 0.6 is 0 Å². The van der Waals surface area contributed by atoms with Gasteiger partial charge in [0.05, 0.1) is 5.69 Å². The lowest BCUT2D eigenvalue weighted by molar-refractivity contribution is 0.141. The molecule has 138 valence electrons. The summed E-state index contributed by atoms with van der Waals surface area (Å²) in [7, 11) is 0. The molecule has 0 saturated heterocycles. The zero-order valence-corrected chi connectivity index (χ0v) is 16.3. The molecule has 0 amide bonds. The SMILES string of the molecule is C=Nc1ccc(CCC2CCC(C3CCC(CCC)CC3)CC2)cc1. The predicted octanol–water partition coefficient (Wildman–Crippen LogP) is 7.36. The van der Waals surface area contributed by atoms with Gasteiger partial charge in [-0.25, -0.2) is 0 Å². The molecule has 2 aliphatic carbocycles. The summed E-state index contributed by atoms with van der Waals surface area (Å²) in [6.07, 6.45) is 17.5. The van der Waals surface area contributed by atoms with Gasteiger partial charge in [-0.15, -0.1) is 0 Å². The van der Waals surface area contributed by atoms with Crippen molar-refractivity contribution in [2.45, 2.75) is 84.0 Å². The highest BCUT2D eigenvalue weighted by Crippen LogP contribution is 2.42. The lowest BCUT2D eigenvalue weighted by Gasteiger charge is -2.38. The monoisotopic (exact) mass is 339 g/mol. The fraction of sp³-hybridized carbons (Fsp3) is 0.708. The van der Waals surface area contributed by atoms with Crippen molar-refractivity contribution >= 4 is 12.4 Å². The molecule has 0 unspecified atom stereocenters. The van der Waals surface area contributed by atoms with Crippen molar-refractivity contribution < 1.29 is 0 Å². The number of rotatable bonds is 7. The molecule has 2 fully saturated rings. The number of benzene rings is 1. The summed E-state index contributed by atoms with van der Waals surface area (Å²) in [5, 5.41) is 0. The minimum Gasteiger partial charge on any atom is -0.265 e. The van der Waals surface area contributed by atoms with Gasteiger partial charge in [-0.3, -0.25) is 4.99 Å². The summed E-state index contributed by atoms with van der Waals surface area (Å²) in [4.78, 5) is 3.98. The van der Waals surface area contributed by atoms with Crippen LogP contribution in [-0.2, 0) is 6.42 Å². The average molecular weight is 340 g/mol. The molecule has 0 atom stereocenters. The van der Waals surface area contributed by atoms with Crippen LogP contribution in [0.25, 0.3) is 0 Å². The lowest BCUT2D eigenvalue weighted by Crippen LogP contribution is -2.26. The van der Waals surface area contributed by atoms with E-state index in [-0.39, 0.29) is 0 Å². The van der Waals surface area contributed by atoms with Crippen LogP contribution in [0.5, 0.6) is 0 Å². The molecule has 1 aromatic rings. The van der Waals surface area contributed by atoms with Gasteiger partial charge in [-0.05, 0) is 86.6 Å². The van der Waals surface area contributed by atoms with E-state index in [2.05, 4.69) is 42.9 Å². The fourth-order valence-corrected chi connectivity index (χ4v) is 5.44. The molecular formula is C24H37N. The van der Waals surface area contributed by atoms with E-state index in [1.165, 1.54) is 82.6 Å². The molecule has 0 heterocycles. The van der Waals surface area contributed by atoms with E-state index in [0.29, 0.717) is 0 Å². The Hall–Kier alpha value is -1.11. The van der Waals surface area contributed by atoms with Crippen molar-refractivity contribution in [3.8, 4) is 0 Å². The molecule has 0 aliphatic heterocycles. The molecule has 1 heteroatoms. The summed E-state index contributed by atoms with van der Waals surface area (Å²) in [6.45, 7) is 5.93. The van der Waals surface area contributed by atoms with Gasteiger partial charge >= 0.3 is 0 Å². The molecule has 0 bridgehead atoms. The molecular weight excluding hydrogens is 302 g/mol. The van der Waals surface area contributed by atoms with E-state index in [1.807, 2.05) is 0 Å². The Morgan fingerprint density at radius 1 is 0.800 bits per heavy atom. The van der Waals surface area contributed by atoms with Crippen LogP contribution < -0.4 is 0 Å². The van der Waals surface area contributed by atoms with E-state index < -0.39 is 0 Å². The van der Waals surface area contributed by atoms with Crippen molar-refractivity contribution in [2.24, 2.45) is 28.7 Å². The van der Waals surface area contributed by atoms with Crippen molar-refractivity contribution in [3.63, 3.8) is 0 Å². The van der Waals surface area contributed by atoms with Gasteiger partial charge in [-0.1, -0.05) is 57.6 Å². The first-order valence-corrected chi connectivity index (χ1v) is 10.8. The van der Waals surface area contributed by atoms with Crippen LogP contribution in [0.15, 0.2) is 29.3 Å². The van der Waals surface area contributed by atoms with Crippen molar-refractivity contribution in [2.75, 3.05) is 0 Å². The predicted molar refractivity (Wildman–Crippen MR) is 110 cm³/mol. The van der Waals surface area contributed by atoms with Gasteiger partial charge in [0.1, 0.15) is 0 Å². The van der Waals surface area contributed by atoms with Gasteiger partial charge in [0.25, 0.3) is 0 Å². The molecule has 0 N–H and O–H groups in total. The second-order valence-corrected chi connectivity index (χ2v) is 8.71. The van der Waals surface area contributed by atoms with Gasteiger partial charge in [0.2, 0.25) is 0 Å². The van der Waals surface area contributed by atoms with Crippen LogP contribution in [0.1, 0.15) is 83.1 Å². The minimum atomic E-state index is 0.963. The van der Waals surface area contributed by atoms with Crippen LogP contribution in [-0.4, -0.2) is 6.72 Å². The highest BCUT2D eigenvalue weighted by molar-refractivity contribution is 5.45. The van der Waals surface area contributed by atoms with Crippen molar-refractivity contribution in [1.82, 2.24) is 0 Å². The Morgan fingerprint density at radius 2 is 1.32 bits per heavy atom. The van der Waals surface area contributed by atoms with E-state index in [9.17, 15) is 0 Å². The first kappa shape index (κ1) is 18.7. The molecule has 1 aromatic carbocycles. The second kappa shape index (κ2) is 9.55. The molecule has 0 radical (unpaired) electrons. The van der Waals surface area contributed by atoms with Gasteiger partial charge < -0.3 is 0 Å². The van der Waals surface area contributed by atoms with Crippen LogP contribution in [0.3, 0.4) is 0 Å². The number of aliphatic imine (C=N–C) groups is 1. The third-order valence-electron chi connectivity index (χ3n) is 7.11. The normalized spacial score (nSPS) is 30.1. The highest BCUT2D eigenvalue weighted by atomic mass is 14.7. The largest absolute Gasteiger partial charge is 0.265 e. The number of aryl methyl sites for hydroxylation is 1. The summed E-state index contributed by atoms with van der Waals surface area (Å²) >= 11 is 0. The first-order valence-electron chi connectivity index (χ1n) is 10.8. The Bertz CT molecular complexity index is 501. The van der Waals surface area contributed by atoms with Gasteiger partial charge in [0.15, 0.2) is 0 Å². The molecule has 25 heavy (non-hydrogen) atoms.